The van der Waals surface area contributed by atoms with Crippen LogP contribution in [0.25, 0.3) is 11.2 Å². The molecule has 28 heavy (non-hydrogen) atoms. The van der Waals surface area contributed by atoms with Crippen molar-refractivity contribution in [3.63, 3.8) is 0 Å². The smallest absolute Gasteiger partial charge is 0.303 e. The lowest BCUT2D eigenvalue weighted by Crippen LogP contribution is -2.54. The van der Waals surface area contributed by atoms with Gasteiger partial charge in [-0.15, -0.1) is 0 Å². The average molecular weight is 412 g/mol. The van der Waals surface area contributed by atoms with Gasteiger partial charge < -0.3 is 19.5 Å². The number of rotatable bonds is 4. The SMILES string of the molecule is CNC(=O)[C@@]1(C)O[C@@H](n2cnc3c(Cl)ncnc32)[C@H](OC(C)=O)[C@@H]1OC(C)=O. The maximum atomic E-state index is 12.6. The van der Waals surface area contributed by atoms with Crippen molar-refractivity contribution in [2.45, 2.75) is 44.8 Å². The molecule has 0 aromatic carbocycles. The standard InChI is InChI=1S/C16H18ClN5O6/c1-7(23)26-10-11(27-8(2)24)16(3,15(25)18-4)28-14(10)22-6-21-9-12(17)19-5-20-13(9)22/h5-6,10-11,14H,1-4H3,(H,18,25)/t10-,11+,14-,16+/m1/s1. The van der Waals surface area contributed by atoms with E-state index in [9.17, 15) is 14.4 Å². The zero-order valence-electron chi connectivity index (χ0n) is 15.5. The van der Waals surface area contributed by atoms with Crippen LogP contribution in [0.5, 0.6) is 0 Å². The van der Waals surface area contributed by atoms with Gasteiger partial charge >= 0.3 is 11.9 Å². The predicted octanol–water partition coefficient (Wildman–Crippen LogP) is 0.377. The van der Waals surface area contributed by atoms with Crippen molar-refractivity contribution in [1.29, 1.82) is 0 Å². The van der Waals surface area contributed by atoms with E-state index in [0.29, 0.717) is 11.2 Å². The summed E-state index contributed by atoms with van der Waals surface area (Å²) in [5.74, 6) is -1.87. The molecular formula is C16H18ClN5O6. The maximum Gasteiger partial charge on any atom is 0.303 e. The van der Waals surface area contributed by atoms with Gasteiger partial charge in [0.2, 0.25) is 0 Å². The Morgan fingerprint density at radius 2 is 1.89 bits per heavy atom. The van der Waals surface area contributed by atoms with Crippen molar-refractivity contribution in [2.75, 3.05) is 7.05 Å². The average Bonchev–Trinajstić information content (AvgIpc) is 3.16. The van der Waals surface area contributed by atoms with E-state index in [1.54, 1.807) is 0 Å². The van der Waals surface area contributed by atoms with Gasteiger partial charge in [-0.2, -0.15) is 0 Å². The van der Waals surface area contributed by atoms with E-state index >= 15 is 0 Å². The molecule has 2 aromatic heterocycles. The number of esters is 2. The highest BCUT2D eigenvalue weighted by Crippen LogP contribution is 2.42. The van der Waals surface area contributed by atoms with Crippen LogP contribution < -0.4 is 5.32 Å². The molecule has 12 heteroatoms. The fourth-order valence-electron chi connectivity index (χ4n) is 3.17. The highest BCUT2D eigenvalue weighted by atomic mass is 35.5. The number of carbonyl (C=O) groups excluding carboxylic acids is 3. The third kappa shape index (κ3) is 3.27. The van der Waals surface area contributed by atoms with Crippen LogP contribution in [0.15, 0.2) is 12.7 Å². The summed E-state index contributed by atoms with van der Waals surface area (Å²) >= 11 is 6.04. The third-order valence-corrected chi connectivity index (χ3v) is 4.63. The highest BCUT2D eigenvalue weighted by Gasteiger charge is 2.61. The lowest BCUT2D eigenvalue weighted by atomic mass is 9.96. The number of fused-ring (bicyclic) bond motifs is 1. The molecule has 0 radical (unpaired) electrons. The zero-order valence-corrected chi connectivity index (χ0v) is 16.3. The Morgan fingerprint density at radius 3 is 2.50 bits per heavy atom. The van der Waals surface area contributed by atoms with Crippen molar-refractivity contribution < 1.29 is 28.6 Å². The second-order valence-electron chi connectivity index (χ2n) is 6.29. The Bertz CT molecular complexity index is 949. The number of ether oxygens (including phenoxy) is 3. The number of imidazole rings is 1. The molecule has 3 rings (SSSR count). The van der Waals surface area contributed by atoms with E-state index in [2.05, 4.69) is 20.3 Å². The van der Waals surface area contributed by atoms with Gasteiger partial charge in [0.25, 0.3) is 5.91 Å². The van der Waals surface area contributed by atoms with Gasteiger partial charge in [0.05, 0.1) is 6.33 Å². The summed E-state index contributed by atoms with van der Waals surface area (Å²) < 4.78 is 18.1. The summed E-state index contributed by atoms with van der Waals surface area (Å²) in [5.41, 5.74) is -1.05. The first-order valence-corrected chi connectivity index (χ1v) is 8.64. The molecule has 1 amide bonds. The fraction of sp³-hybridized carbons (Fsp3) is 0.500. The van der Waals surface area contributed by atoms with E-state index in [1.807, 2.05) is 0 Å². The van der Waals surface area contributed by atoms with Crippen molar-refractivity contribution >= 4 is 40.6 Å². The minimum absolute atomic E-state index is 0.122. The number of halogens is 1. The fourth-order valence-corrected chi connectivity index (χ4v) is 3.35. The second-order valence-corrected chi connectivity index (χ2v) is 6.65. The number of aromatic nitrogens is 4. The van der Waals surface area contributed by atoms with Crippen molar-refractivity contribution in [3.05, 3.63) is 17.8 Å². The molecule has 11 nitrogen and oxygen atoms in total. The first-order chi connectivity index (χ1) is 13.2. The molecule has 0 saturated carbocycles. The Balaban J connectivity index is 2.14. The third-order valence-electron chi connectivity index (χ3n) is 4.35. The molecular weight excluding hydrogens is 394 g/mol. The number of likely N-dealkylation sites (N-methyl/N-ethyl adjacent to an activating group) is 1. The minimum atomic E-state index is -1.64. The minimum Gasteiger partial charge on any atom is -0.455 e. The molecule has 1 fully saturated rings. The molecule has 3 heterocycles. The van der Waals surface area contributed by atoms with Gasteiger partial charge in [-0.1, -0.05) is 11.6 Å². The van der Waals surface area contributed by atoms with E-state index < -0.39 is 41.9 Å². The maximum absolute atomic E-state index is 12.6. The molecule has 0 aliphatic carbocycles. The van der Waals surface area contributed by atoms with E-state index in [1.165, 1.54) is 45.0 Å². The molecule has 4 atom stereocenters. The van der Waals surface area contributed by atoms with Gasteiger partial charge in [-0.25, -0.2) is 15.0 Å². The largest absolute Gasteiger partial charge is 0.455 e. The lowest BCUT2D eigenvalue weighted by Gasteiger charge is -2.28. The van der Waals surface area contributed by atoms with Crippen LogP contribution in [0.2, 0.25) is 5.15 Å². The number of amides is 1. The van der Waals surface area contributed by atoms with Gasteiger partial charge in [-0.3, -0.25) is 19.0 Å². The first-order valence-electron chi connectivity index (χ1n) is 8.26. The molecule has 2 aromatic rings. The van der Waals surface area contributed by atoms with Crippen molar-refractivity contribution in [2.24, 2.45) is 0 Å². The lowest BCUT2D eigenvalue weighted by molar-refractivity contribution is -0.171. The van der Waals surface area contributed by atoms with Crippen LogP contribution >= 0.6 is 11.6 Å². The summed E-state index contributed by atoms with van der Waals surface area (Å²) in [6, 6.07) is 0. The molecule has 0 unspecified atom stereocenters. The Morgan fingerprint density at radius 1 is 1.21 bits per heavy atom. The van der Waals surface area contributed by atoms with Gasteiger partial charge in [0, 0.05) is 20.9 Å². The quantitative estimate of drug-likeness (QED) is 0.559. The highest BCUT2D eigenvalue weighted by molar-refractivity contribution is 6.33. The number of carbonyl (C=O) groups is 3. The molecule has 0 bridgehead atoms. The van der Waals surface area contributed by atoms with Gasteiger partial charge in [0.1, 0.15) is 11.8 Å². The van der Waals surface area contributed by atoms with E-state index in [-0.39, 0.29) is 5.15 Å². The monoisotopic (exact) mass is 411 g/mol. The summed E-state index contributed by atoms with van der Waals surface area (Å²) in [6.07, 6.45) is -0.817. The molecule has 1 N–H and O–H groups in total. The summed E-state index contributed by atoms with van der Waals surface area (Å²) in [5, 5.41) is 2.59. The van der Waals surface area contributed by atoms with Crippen LogP contribution in [-0.4, -0.2) is 62.2 Å². The van der Waals surface area contributed by atoms with E-state index in [0.717, 1.165) is 0 Å². The molecule has 0 spiro atoms. The molecule has 150 valence electrons. The molecule has 1 aliphatic rings. The summed E-state index contributed by atoms with van der Waals surface area (Å²) in [4.78, 5) is 48.1. The second kappa shape index (κ2) is 7.32. The van der Waals surface area contributed by atoms with E-state index in [4.69, 9.17) is 25.8 Å². The topological polar surface area (TPSA) is 135 Å². The van der Waals surface area contributed by atoms with Crippen molar-refractivity contribution in [1.82, 2.24) is 24.8 Å². The Hall–Kier alpha value is -2.79. The summed E-state index contributed by atoms with van der Waals surface area (Å²) in [6.45, 7) is 3.82. The molecule has 1 saturated heterocycles. The van der Waals surface area contributed by atoms with Crippen LogP contribution in [0.1, 0.15) is 27.0 Å². The van der Waals surface area contributed by atoms with Gasteiger partial charge in [0.15, 0.2) is 34.8 Å². The Kier molecular flexibility index (Phi) is 5.22. The number of nitrogens with one attached hydrogen (secondary N) is 1. The van der Waals surface area contributed by atoms with Crippen LogP contribution in [0, 0.1) is 0 Å². The van der Waals surface area contributed by atoms with Gasteiger partial charge in [-0.05, 0) is 6.92 Å². The summed E-state index contributed by atoms with van der Waals surface area (Å²) in [7, 11) is 1.41. The number of nitrogens with zero attached hydrogens (tertiary/aromatic N) is 4. The normalized spacial score (nSPS) is 26.8. The Labute approximate surface area is 164 Å². The number of hydrogen-bond acceptors (Lipinski definition) is 9. The molecule has 1 aliphatic heterocycles. The van der Waals surface area contributed by atoms with Crippen LogP contribution in [0.4, 0.5) is 0 Å². The predicted molar refractivity (Wildman–Crippen MR) is 94.0 cm³/mol. The van der Waals surface area contributed by atoms with Crippen molar-refractivity contribution in [3.8, 4) is 0 Å². The number of hydrogen-bond donors (Lipinski definition) is 1. The van der Waals surface area contributed by atoms with Crippen LogP contribution in [-0.2, 0) is 28.6 Å². The zero-order chi connectivity index (χ0) is 20.6. The van der Waals surface area contributed by atoms with Crippen LogP contribution in [0.3, 0.4) is 0 Å². The first kappa shape index (κ1) is 20.0.